The normalized spacial score (nSPS) is 11.5. The molecule has 0 heteroatoms. The molecule has 0 saturated carbocycles. The quantitative estimate of drug-likeness (QED) is 0.353. The molecule has 0 heterocycles. The summed E-state index contributed by atoms with van der Waals surface area (Å²) in [6, 6.07) is 18.9. The Labute approximate surface area is 168 Å². The summed E-state index contributed by atoms with van der Waals surface area (Å²) in [6.45, 7) is 9.19. The molecule has 0 aromatic heterocycles. The maximum absolute atomic E-state index is 2.37. The van der Waals surface area contributed by atoms with Gasteiger partial charge >= 0.3 is 0 Å². The minimum Gasteiger partial charge on any atom is -0.0654 e. The van der Waals surface area contributed by atoms with E-state index in [9.17, 15) is 0 Å². The van der Waals surface area contributed by atoms with Gasteiger partial charge in [-0.15, -0.1) is 0 Å². The van der Waals surface area contributed by atoms with Crippen LogP contribution in [0.4, 0.5) is 0 Å². The van der Waals surface area contributed by atoms with Crippen molar-refractivity contribution >= 4 is 0 Å². The van der Waals surface area contributed by atoms with Gasteiger partial charge in [0.1, 0.15) is 0 Å². The van der Waals surface area contributed by atoms with Gasteiger partial charge in [-0.05, 0) is 66.2 Å². The largest absolute Gasteiger partial charge is 0.0654 e. The number of hydrogen-bond donors (Lipinski definition) is 0. The maximum atomic E-state index is 2.37. The van der Waals surface area contributed by atoms with Crippen molar-refractivity contribution in [1.29, 1.82) is 0 Å². The molecule has 148 valence electrons. The van der Waals surface area contributed by atoms with Crippen LogP contribution < -0.4 is 0 Å². The highest BCUT2D eigenvalue weighted by Gasteiger charge is 2.11. The predicted octanol–water partition coefficient (Wildman–Crippen LogP) is 8.65. The van der Waals surface area contributed by atoms with Crippen LogP contribution in [0.3, 0.4) is 0 Å². The van der Waals surface area contributed by atoms with Gasteiger partial charge < -0.3 is 0 Å². The number of rotatable bonds is 12. The Morgan fingerprint density at radius 2 is 0.778 bits per heavy atom. The second kappa shape index (κ2) is 12.0. The van der Waals surface area contributed by atoms with Gasteiger partial charge in [-0.1, -0.05) is 102 Å². The van der Waals surface area contributed by atoms with E-state index in [1.165, 1.54) is 73.6 Å². The SMILES string of the molecule is CCCC(CCC)c1ccc(Cc2ccc(C(CCC)CCC)cc2)cc1. The number of benzene rings is 2. The predicted molar refractivity (Wildman–Crippen MR) is 121 cm³/mol. The Morgan fingerprint density at radius 3 is 1.04 bits per heavy atom. The van der Waals surface area contributed by atoms with Crippen LogP contribution in [0.2, 0.25) is 0 Å². The van der Waals surface area contributed by atoms with E-state index in [0.29, 0.717) is 0 Å². The first-order valence-corrected chi connectivity index (χ1v) is 11.4. The van der Waals surface area contributed by atoms with Crippen molar-refractivity contribution in [3.05, 3.63) is 70.8 Å². The van der Waals surface area contributed by atoms with Crippen molar-refractivity contribution < 1.29 is 0 Å². The molecule has 2 aromatic carbocycles. The highest BCUT2D eigenvalue weighted by atomic mass is 14.2. The maximum Gasteiger partial charge on any atom is -0.00258 e. The Balaban J connectivity index is 2.02. The third-order valence-electron chi connectivity index (χ3n) is 5.86. The van der Waals surface area contributed by atoms with Gasteiger partial charge in [-0.25, -0.2) is 0 Å². The van der Waals surface area contributed by atoms with Crippen LogP contribution in [0.5, 0.6) is 0 Å². The lowest BCUT2D eigenvalue weighted by Crippen LogP contribution is -2.00. The van der Waals surface area contributed by atoms with Gasteiger partial charge in [-0.2, -0.15) is 0 Å². The molecule has 2 rings (SSSR count). The molecule has 0 bridgehead atoms. The fourth-order valence-electron chi connectivity index (χ4n) is 4.40. The first-order valence-electron chi connectivity index (χ1n) is 11.4. The van der Waals surface area contributed by atoms with E-state index in [4.69, 9.17) is 0 Å². The second-order valence-electron chi connectivity index (χ2n) is 8.21. The molecule has 27 heavy (non-hydrogen) atoms. The van der Waals surface area contributed by atoms with Crippen LogP contribution in [-0.2, 0) is 6.42 Å². The van der Waals surface area contributed by atoms with Crippen molar-refractivity contribution in [2.75, 3.05) is 0 Å². The highest BCUT2D eigenvalue weighted by Crippen LogP contribution is 2.28. The Kier molecular flexibility index (Phi) is 9.67. The average molecular weight is 365 g/mol. The average Bonchev–Trinajstić information content (AvgIpc) is 2.69. The molecule has 0 aliphatic carbocycles. The van der Waals surface area contributed by atoms with Crippen LogP contribution in [0.25, 0.3) is 0 Å². The third-order valence-corrected chi connectivity index (χ3v) is 5.86. The van der Waals surface area contributed by atoms with Crippen molar-refractivity contribution in [3.8, 4) is 0 Å². The van der Waals surface area contributed by atoms with Crippen LogP contribution in [-0.4, -0.2) is 0 Å². The Hall–Kier alpha value is -1.56. The van der Waals surface area contributed by atoms with E-state index >= 15 is 0 Å². The fraction of sp³-hybridized carbons (Fsp3) is 0.556. The van der Waals surface area contributed by atoms with Crippen molar-refractivity contribution in [1.82, 2.24) is 0 Å². The topological polar surface area (TPSA) is 0 Å². The molecule has 0 amide bonds. The van der Waals surface area contributed by atoms with E-state index in [2.05, 4.69) is 76.2 Å². The minimum absolute atomic E-state index is 0.738. The lowest BCUT2D eigenvalue weighted by atomic mass is 9.88. The van der Waals surface area contributed by atoms with Crippen LogP contribution >= 0.6 is 0 Å². The summed E-state index contributed by atoms with van der Waals surface area (Å²) in [5.74, 6) is 1.48. The molecule has 0 atom stereocenters. The van der Waals surface area contributed by atoms with Crippen molar-refractivity contribution in [2.24, 2.45) is 0 Å². The van der Waals surface area contributed by atoms with E-state index in [0.717, 1.165) is 18.3 Å². The zero-order chi connectivity index (χ0) is 19.5. The standard InChI is InChI=1S/C27H40/c1-5-9-24(10-6-2)26-17-13-22(14-18-26)21-23-15-19-27(20-16-23)25(11-7-3)12-8-4/h13-20,24-25H,5-12,21H2,1-4H3. The monoisotopic (exact) mass is 364 g/mol. The van der Waals surface area contributed by atoms with Crippen molar-refractivity contribution in [2.45, 2.75) is 97.3 Å². The zero-order valence-electron chi connectivity index (χ0n) is 18.1. The summed E-state index contributed by atoms with van der Waals surface area (Å²) in [4.78, 5) is 0. The van der Waals surface area contributed by atoms with E-state index in [-0.39, 0.29) is 0 Å². The first kappa shape index (κ1) is 21.7. The Bertz CT molecular complexity index is 551. The molecular formula is C27H40. The van der Waals surface area contributed by atoms with E-state index < -0.39 is 0 Å². The van der Waals surface area contributed by atoms with Gasteiger partial charge in [-0.3, -0.25) is 0 Å². The van der Waals surface area contributed by atoms with Crippen LogP contribution in [0, 0.1) is 0 Å². The molecule has 0 aliphatic heterocycles. The smallest absolute Gasteiger partial charge is 0.00258 e. The van der Waals surface area contributed by atoms with Gasteiger partial charge in [0.05, 0.1) is 0 Å². The molecule has 0 fully saturated rings. The Morgan fingerprint density at radius 1 is 0.481 bits per heavy atom. The first-order chi connectivity index (χ1) is 13.2. The number of hydrogen-bond acceptors (Lipinski definition) is 0. The lowest BCUT2D eigenvalue weighted by Gasteiger charge is -2.17. The summed E-state index contributed by atoms with van der Waals surface area (Å²) in [5, 5.41) is 0. The van der Waals surface area contributed by atoms with Crippen LogP contribution in [0.15, 0.2) is 48.5 Å². The summed E-state index contributed by atoms with van der Waals surface area (Å²) in [6.07, 6.45) is 11.4. The lowest BCUT2D eigenvalue weighted by molar-refractivity contribution is 0.560. The highest BCUT2D eigenvalue weighted by molar-refractivity contribution is 5.32. The third kappa shape index (κ3) is 6.83. The van der Waals surface area contributed by atoms with E-state index in [1.54, 1.807) is 0 Å². The molecule has 0 unspecified atom stereocenters. The summed E-state index contributed by atoms with van der Waals surface area (Å²) < 4.78 is 0. The van der Waals surface area contributed by atoms with Gasteiger partial charge in [0.2, 0.25) is 0 Å². The molecule has 0 saturated heterocycles. The fourth-order valence-corrected chi connectivity index (χ4v) is 4.40. The molecule has 0 nitrogen and oxygen atoms in total. The van der Waals surface area contributed by atoms with Crippen molar-refractivity contribution in [3.63, 3.8) is 0 Å². The second-order valence-corrected chi connectivity index (χ2v) is 8.21. The molecule has 0 N–H and O–H groups in total. The molecule has 0 radical (unpaired) electrons. The molecular weight excluding hydrogens is 324 g/mol. The van der Waals surface area contributed by atoms with Gasteiger partial charge in [0, 0.05) is 0 Å². The molecule has 0 spiro atoms. The summed E-state index contributed by atoms with van der Waals surface area (Å²) >= 11 is 0. The van der Waals surface area contributed by atoms with Gasteiger partial charge in [0.15, 0.2) is 0 Å². The molecule has 2 aromatic rings. The zero-order valence-corrected chi connectivity index (χ0v) is 18.1. The van der Waals surface area contributed by atoms with Gasteiger partial charge in [0.25, 0.3) is 0 Å². The van der Waals surface area contributed by atoms with Crippen LogP contribution in [0.1, 0.15) is 113 Å². The summed E-state index contributed by atoms with van der Waals surface area (Å²) in [7, 11) is 0. The summed E-state index contributed by atoms with van der Waals surface area (Å²) in [5.41, 5.74) is 5.91. The molecule has 0 aliphatic rings. The van der Waals surface area contributed by atoms with E-state index in [1.807, 2.05) is 0 Å². The minimum atomic E-state index is 0.738.